The van der Waals surface area contributed by atoms with E-state index in [0.717, 1.165) is 30.2 Å². The highest BCUT2D eigenvalue weighted by atomic mass is 16.4. The number of aryl methyl sites for hydroxylation is 1. The molecule has 102 valence electrons. The fourth-order valence-corrected chi connectivity index (χ4v) is 1.80. The zero-order chi connectivity index (χ0) is 13.7. The van der Waals surface area contributed by atoms with Gasteiger partial charge in [-0.2, -0.15) is 4.98 Å². The van der Waals surface area contributed by atoms with Gasteiger partial charge in [0.2, 0.25) is 0 Å². The first kappa shape index (κ1) is 13.5. The Labute approximate surface area is 113 Å². The number of rotatable bonds is 6. The number of anilines is 1. The molecule has 0 amide bonds. The van der Waals surface area contributed by atoms with Crippen LogP contribution in [0.15, 0.2) is 28.9 Å². The normalized spacial score (nSPS) is 10.7. The maximum absolute atomic E-state index is 5.47. The molecule has 0 aliphatic heterocycles. The third kappa shape index (κ3) is 3.79. The molecule has 0 spiro atoms. The number of oxazole rings is 1. The number of hydrogen-bond acceptors (Lipinski definition) is 5. The van der Waals surface area contributed by atoms with E-state index in [-0.39, 0.29) is 0 Å². The van der Waals surface area contributed by atoms with Crippen molar-refractivity contribution in [3.63, 3.8) is 0 Å². The minimum Gasteiger partial charge on any atom is -0.432 e. The molecule has 0 atom stereocenters. The number of hydrogen-bond donors (Lipinski definition) is 1. The summed E-state index contributed by atoms with van der Waals surface area (Å²) in [6, 6.07) is 6.63. The van der Waals surface area contributed by atoms with Crippen LogP contribution in [0.1, 0.15) is 24.0 Å². The number of pyridine rings is 1. The van der Waals surface area contributed by atoms with Gasteiger partial charge in [0.25, 0.3) is 6.01 Å². The van der Waals surface area contributed by atoms with Gasteiger partial charge >= 0.3 is 0 Å². The maximum atomic E-state index is 5.47. The average molecular weight is 260 g/mol. The van der Waals surface area contributed by atoms with Gasteiger partial charge in [-0.05, 0) is 25.6 Å². The smallest absolute Gasteiger partial charge is 0.297 e. The van der Waals surface area contributed by atoms with Crippen molar-refractivity contribution in [3.8, 4) is 0 Å². The van der Waals surface area contributed by atoms with Gasteiger partial charge in [-0.25, -0.2) is 0 Å². The van der Waals surface area contributed by atoms with Gasteiger partial charge in [0.05, 0.1) is 17.9 Å². The van der Waals surface area contributed by atoms with Crippen LogP contribution in [0.2, 0.25) is 0 Å². The Morgan fingerprint density at radius 2 is 2.11 bits per heavy atom. The summed E-state index contributed by atoms with van der Waals surface area (Å²) in [5.74, 6) is 0. The van der Waals surface area contributed by atoms with E-state index < -0.39 is 0 Å². The van der Waals surface area contributed by atoms with Crippen molar-refractivity contribution in [2.75, 3.05) is 18.5 Å². The minimum atomic E-state index is 0.621. The first-order valence-electron chi connectivity index (χ1n) is 6.48. The van der Waals surface area contributed by atoms with E-state index >= 15 is 0 Å². The molecule has 0 unspecified atom stereocenters. The van der Waals surface area contributed by atoms with Crippen LogP contribution in [-0.2, 0) is 13.1 Å². The van der Waals surface area contributed by atoms with Gasteiger partial charge in [-0.15, -0.1) is 0 Å². The van der Waals surface area contributed by atoms with E-state index in [9.17, 15) is 0 Å². The largest absolute Gasteiger partial charge is 0.432 e. The number of nitrogens with zero attached hydrogens (tertiary/aromatic N) is 3. The monoisotopic (exact) mass is 260 g/mol. The number of nitrogens with one attached hydrogen (secondary N) is 1. The summed E-state index contributed by atoms with van der Waals surface area (Å²) in [5, 5.41) is 3.22. The first-order valence-corrected chi connectivity index (χ1v) is 6.48. The molecular formula is C14H20N4O. The van der Waals surface area contributed by atoms with Crippen LogP contribution < -0.4 is 10.2 Å². The molecule has 0 bridgehead atoms. The molecule has 2 aromatic heterocycles. The predicted molar refractivity (Wildman–Crippen MR) is 75.0 cm³/mol. The SMILES string of the molecule is CCNCc1coc(N(C)Cc2cccc(C)n2)n1. The van der Waals surface area contributed by atoms with Gasteiger partial charge in [0.1, 0.15) is 6.26 Å². The van der Waals surface area contributed by atoms with Gasteiger partial charge in [0.15, 0.2) is 0 Å². The molecule has 1 N–H and O–H groups in total. The third-order valence-corrected chi connectivity index (χ3v) is 2.77. The molecule has 2 rings (SSSR count). The fourth-order valence-electron chi connectivity index (χ4n) is 1.80. The van der Waals surface area contributed by atoms with Gasteiger partial charge < -0.3 is 14.6 Å². The second kappa shape index (κ2) is 6.33. The average Bonchev–Trinajstić information content (AvgIpc) is 2.85. The molecular weight excluding hydrogens is 240 g/mol. The predicted octanol–water partition coefficient (Wildman–Crippen LogP) is 2.12. The molecule has 0 aromatic carbocycles. The molecule has 5 nitrogen and oxygen atoms in total. The van der Waals surface area contributed by atoms with Gasteiger partial charge in [-0.1, -0.05) is 13.0 Å². The Morgan fingerprint density at radius 3 is 2.84 bits per heavy atom. The lowest BCUT2D eigenvalue weighted by molar-refractivity contribution is 0.541. The van der Waals surface area contributed by atoms with E-state index in [0.29, 0.717) is 12.6 Å². The molecule has 0 radical (unpaired) electrons. The maximum Gasteiger partial charge on any atom is 0.297 e. The minimum absolute atomic E-state index is 0.621. The summed E-state index contributed by atoms with van der Waals surface area (Å²) in [7, 11) is 1.95. The summed E-state index contributed by atoms with van der Waals surface area (Å²) in [6.45, 7) is 6.39. The van der Waals surface area contributed by atoms with Crippen molar-refractivity contribution in [1.29, 1.82) is 0 Å². The van der Waals surface area contributed by atoms with Crippen molar-refractivity contribution in [2.45, 2.75) is 26.9 Å². The Balaban J connectivity index is 1.99. The zero-order valence-electron chi connectivity index (χ0n) is 11.7. The number of aromatic nitrogens is 2. The van der Waals surface area contributed by atoms with Crippen LogP contribution >= 0.6 is 0 Å². The summed E-state index contributed by atoms with van der Waals surface area (Å²) >= 11 is 0. The topological polar surface area (TPSA) is 54.2 Å². The van der Waals surface area contributed by atoms with Crippen LogP contribution in [0.4, 0.5) is 6.01 Å². The Kier molecular flexibility index (Phi) is 4.52. The Morgan fingerprint density at radius 1 is 1.26 bits per heavy atom. The van der Waals surface area contributed by atoms with E-state index in [1.165, 1.54) is 0 Å². The van der Waals surface area contributed by atoms with E-state index in [1.807, 2.05) is 37.1 Å². The molecule has 2 aromatic rings. The molecule has 0 saturated heterocycles. The summed E-state index contributed by atoms with van der Waals surface area (Å²) in [5.41, 5.74) is 2.95. The Hall–Kier alpha value is -1.88. The molecule has 0 aliphatic carbocycles. The first-order chi connectivity index (χ1) is 9.19. The van der Waals surface area contributed by atoms with Crippen molar-refractivity contribution in [3.05, 3.63) is 41.5 Å². The highest BCUT2D eigenvalue weighted by molar-refractivity contribution is 5.27. The van der Waals surface area contributed by atoms with Crippen molar-refractivity contribution in [2.24, 2.45) is 0 Å². The van der Waals surface area contributed by atoms with Crippen molar-refractivity contribution in [1.82, 2.24) is 15.3 Å². The molecule has 19 heavy (non-hydrogen) atoms. The van der Waals surface area contributed by atoms with E-state index in [1.54, 1.807) is 6.26 Å². The second-order valence-electron chi connectivity index (χ2n) is 4.53. The Bertz CT molecular complexity index is 524. The summed E-state index contributed by atoms with van der Waals surface area (Å²) in [6.07, 6.45) is 1.69. The lowest BCUT2D eigenvalue weighted by atomic mass is 10.3. The zero-order valence-corrected chi connectivity index (χ0v) is 11.7. The summed E-state index contributed by atoms with van der Waals surface area (Å²) < 4.78 is 5.47. The third-order valence-electron chi connectivity index (χ3n) is 2.77. The van der Waals surface area contributed by atoms with Crippen LogP contribution in [0, 0.1) is 6.92 Å². The quantitative estimate of drug-likeness (QED) is 0.862. The molecule has 0 fully saturated rings. The van der Waals surface area contributed by atoms with Crippen molar-refractivity contribution >= 4 is 6.01 Å². The van der Waals surface area contributed by atoms with Gasteiger partial charge in [-0.3, -0.25) is 4.98 Å². The van der Waals surface area contributed by atoms with Gasteiger partial charge in [0, 0.05) is 19.3 Å². The van der Waals surface area contributed by atoms with Crippen molar-refractivity contribution < 1.29 is 4.42 Å². The second-order valence-corrected chi connectivity index (χ2v) is 4.53. The van der Waals surface area contributed by atoms with Crippen LogP contribution in [0.5, 0.6) is 0 Å². The van der Waals surface area contributed by atoms with Crippen LogP contribution in [0.3, 0.4) is 0 Å². The van der Waals surface area contributed by atoms with Crippen LogP contribution in [-0.4, -0.2) is 23.6 Å². The van der Waals surface area contributed by atoms with E-state index in [4.69, 9.17) is 4.42 Å². The highest BCUT2D eigenvalue weighted by Gasteiger charge is 2.10. The fraction of sp³-hybridized carbons (Fsp3) is 0.429. The summed E-state index contributed by atoms with van der Waals surface area (Å²) in [4.78, 5) is 10.9. The lowest BCUT2D eigenvalue weighted by Gasteiger charge is -2.13. The molecule has 0 aliphatic rings. The van der Waals surface area contributed by atoms with E-state index in [2.05, 4.69) is 22.2 Å². The van der Waals surface area contributed by atoms with Crippen LogP contribution in [0.25, 0.3) is 0 Å². The highest BCUT2D eigenvalue weighted by Crippen LogP contribution is 2.14. The standard InChI is InChI=1S/C14H20N4O/c1-4-15-8-13-10-19-14(17-13)18(3)9-12-7-5-6-11(2)16-12/h5-7,10,15H,4,8-9H2,1-3H3. The molecule has 2 heterocycles. The molecule has 0 saturated carbocycles. The lowest BCUT2D eigenvalue weighted by Crippen LogP contribution is -2.18. The molecule has 5 heteroatoms.